The van der Waals surface area contributed by atoms with Crippen LogP contribution in [0.3, 0.4) is 0 Å². The van der Waals surface area contributed by atoms with Crippen LogP contribution in [0.25, 0.3) is 0 Å². The molecule has 2 atom stereocenters. The summed E-state index contributed by atoms with van der Waals surface area (Å²) in [6.07, 6.45) is 11.0. The zero-order valence-electron chi connectivity index (χ0n) is 21.3. The third-order valence-electron chi connectivity index (χ3n) is 7.18. The lowest BCUT2D eigenvalue weighted by molar-refractivity contribution is 0.0511. The molecule has 0 aromatic rings. The van der Waals surface area contributed by atoms with Crippen molar-refractivity contribution < 1.29 is 19.1 Å². The lowest BCUT2D eigenvalue weighted by Crippen LogP contribution is -2.55. The monoisotopic (exact) mass is 479 g/mol. The van der Waals surface area contributed by atoms with Crippen molar-refractivity contribution in [3.05, 3.63) is 0 Å². The quantitative estimate of drug-likeness (QED) is 0.479. The molecule has 9 heteroatoms. The van der Waals surface area contributed by atoms with Gasteiger partial charge in [-0.15, -0.1) is 0 Å². The second-order valence-corrected chi connectivity index (χ2v) is 11.2. The summed E-state index contributed by atoms with van der Waals surface area (Å²) in [7, 11) is 0. The van der Waals surface area contributed by atoms with E-state index in [0.717, 1.165) is 51.4 Å². The first-order valence-electron chi connectivity index (χ1n) is 13.3. The molecule has 4 N–H and O–H groups in total. The highest BCUT2D eigenvalue weighted by atomic mass is 16.6. The summed E-state index contributed by atoms with van der Waals surface area (Å²) in [5.41, 5.74) is -0.526. The molecule has 5 amide bonds. The number of alkyl carbamates (subject to hydrolysis) is 1. The molecule has 2 aliphatic carbocycles. The smallest absolute Gasteiger partial charge is 0.407 e. The van der Waals surface area contributed by atoms with Crippen molar-refractivity contribution in [2.45, 2.75) is 115 Å². The molecule has 3 rings (SSSR count). The first kappa shape index (κ1) is 26.4. The topological polar surface area (TPSA) is 112 Å². The molecule has 1 aliphatic heterocycles. The van der Waals surface area contributed by atoms with Gasteiger partial charge in [0.2, 0.25) is 0 Å². The van der Waals surface area contributed by atoms with Gasteiger partial charge in [0.1, 0.15) is 5.60 Å². The minimum Gasteiger partial charge on any atom is -0.444 e. The van der Waals surface area contributed by atoms with Gasteiger partial charge >= 0.3 is 18.2 Å². The Morgan fingerprint density at radius 1 is 0.794 bits per heavy atom. The normalized spacial score (nSPS) is 24.7. The molecule has 3 aliphatic rings. The number of hydrogen-bond donors (Lipinski definition) is 4. The minimum absolute atomic E-state index is 0.0423. The number of carbonyl (C=O) groups excluding carboxylic acids is 3. The first-order valence-corrected chi connectivity index (χ1v) is 13.3. The minimum atomic E-state index is -0.526. The fourth-order valence-electron chi connectivity index (χ4n) is 5.31. The summed E-state index contributed by atoms with van der Waals surface area (Å²) in [6.45, 7) is 7.30. The molecular formula is C25H45N5O4. The fourth-order valence-corrected chi connectivity index (χ4v) is 5.31. The number of ether oxygens (including phenoxy) is 1. The molecule has 0 bridgehead atoms. The maximum Gasteiger partial charge on any atom is 0.407 e. The number of piperidine rings is 1. The maximum atomic E-state index is 12.9. The highest BCUT2D eigenvalue weighted by Crippen LogP contribution is 2.25. The van der Waals surface area contributed by atoms with E-state index >= 15 is 0 Å². The Balaban J connectivity index is 1.38. The summed E-state index contributed by atoms with van der Waals surface area (Å²) >= 11 is 0. The molecular weight excluding hydrogens is 434 g/mol. The summed E-state index contributed by atoms with van der Waals surface area (Å²) in [4.78, 5) is 39.1. The van der Waals surface area contributed by atoms with Crippen LogP contribution in [-0.2, 0) is 4.74 Å². The molecule has 1 saturated heterocycles. The van der Waals surface area contributed by atoms with Gasteiger partial charge in [-0.05, 0) is 65.2 Å². The number of amides is 5. The predicted molar refractivity (Wildman–Crippen MR) is 132 cm³/mol. The van der Waals surface area contributed by atoms with E-state index in [4.69, 9.17) is 4.74 Å². The SMILES string of the molecule is CC(C)(C)OC(=O)NCC1CCCCC1NC(=O)N1CCC(NC(=O)NC2CCCCC2)CC1. The molecule has 0 radical (unpaired) electrons. The molecule has 0 aromatic heterocycles. The lowest BCUT2D eigenvalue weighted by atomic mass is 9.84. The lowest BCUT2D eigenvalue weighted by Gasteiger charge is -2.37. The molecule has 2 saturated carbocycles. The molecule has 3 fully saturated rings. The molecule has 0 spiro atoms. The maximum absolute atomic E-state index is 12.9. The van der Waals surface area contributed by atoms with Crippen LogP contribution in [0.2, 0.25) is 0 Å². The van der Waals surface area contributed by atoms with Gasteiger partial charge in [-0.1, -0.05) is 32.1 Å². The van der Waals surface area contributed by atoms with Crippen molar-refractivity contribution in [3.63, 3.8) is 0 Å². The average molecular weight is 480 g/mol. The second kappa shape index (κ2) is 12.5. The standard InChI is InChI=1S/C25H45N5O4/c1-25(2,3)34-24(33)26-17-18-9-7-8-12-21(18)29-23(32)30-15-13-20(14-16-30)28-22(31)27-19-10-5-4-6-11-19/h18-21H,4-17H2,1-3H3,(H,26,33)(H,29,32)(H2,27,28,31). The van der Waals surface area contributed by atoms with Crippen molar-refractivity contribution in [1.29, 1.82) is 0 Å². The van der Waals surface area contributed by atoms with Crippen molar-refractivity contribution in [2.75, 3.05) is 19.6 Å². The molecule has 194 valence electrons. The van der Waals surface area contributed by atoms with Crippen LogP contribution in [0.5, 0.6) is 0 Å². The number of nitrogens with zero attached hydrogens (tertiary/aromatic N) is 1. The van der Waals surface area contributed by atoms with Gasteiger partial charge in [0, 0.05) is 37.8 Å². The van der Waals surface area contributed by atoms with Crippen LogP contribution in [0, 0.1) is 5.92 Å². The Morgan fingerprint density at radius 2 is 1.38 bits per heavy atom. The zero-order valence-corrected chi connectivity index (χ0v) is 21.3. The number of carbonyl (C=O) groups is 3. The van der Waals surface area contributed by atoms with Gasteiger partial charge in [0.25, 0.3) is 0 Å². The summed E-state index contributed by atoms with van der Waals surface area (Å²) in [5.74, 6) is 0.202. The van der Waals surface area contributed by atoms with Crippen LogP contribution in [0.4, 0.5) is 14.4 Å². The van der Waals surface area contributed by atoms with Gasteiger partial charge in [-0.3, -0.25) is 0 Å². The van der Waals surface area contributed by atoms with Gasteiger partial charge in [0.05, 0.1) is 0 Å². The molecule has 2 unspecified atom stereocenters. The van der Waals surface area contributed by atoms with E-state index in [1.807, 2.05) is 25.7 Å². The number of hydrogen-bond acceptors (Lipinski definition) is 4. The second-order valence-electron chi connectivity index (χ2n) is 11.2. The Hall–Kier alpha value is -2.19. The molecule has 1 heterocycles. The number of likely N-dealkylation sites (tertiary alicyclic amines) is 1. The summed E-state index contributed by atoms with van der Waals surface area (Å²) in [5, 5.41) is 12.3. The van der Waals surface area contributed by atoms with Gasteiger partial charge < -0.3 is 30.9 Å². The highest BCUT2D eigenvalue weighted by Gasteiger charge is 2.31. The van der Waals surface area contributed by atoms with Crippen molar-refractivity contribution in [2.24, 2.45) is 5.92 Å². The third-order valence-corrected chi connectivity index (χ3v) is 7.18. The highest BCUT2D eigenvalue weighted by molar-refractivity contribution is 5.75. The van der Waals surface area contributed by atoms with E-state index < -0.39 is 11.7 Å². The van der Waals surface area contributed by atoms with Crippen LogP contribution in [0.1, 0.15) is 91.4 Å². The van der Waals surface area contributed by atoms with E-state index in [-0.39, 0.29) is 30.1 Å². The largest absolute Gasteiger partial charge is 0.444 e. The van der Waals surface area contributed by atoms with Crippen LogP contribution in [0.15, 0.2) is 0 Å². The summed E-state index contributed by atoms with van der Waals surface area (Å²) < 4.78 is 5.34. The van der Waals surface area contributed by atoms with E-state index in [2.05, 4.69) is 21.3 Å². The van der Waals surface area contributed by atoms with Crippen LogP contribution < -0.4 is 21.3 Å². The number of rotatable bonds is 5. The van der Waals surface area contributed by atoms with Crippen LogP contribution in [-0.4, -0.2) is 66.4 Å². The zero-order chi connectivity index (χ0) is 24.6. The Bertz CT molecular complexity index is 681. The Morgan fingerprint density at radius 3 is 2.03 bits per heavy atom. The first-order chi connectivity index (χ1) is 16.2. The van der Waals surface area contributed by atoms with Crippen molar-refractivity contribution >= 4 is 18.2 Å². The van der Waals surface area contributed by atoms with Crippen molar-refractivity contribution in [3.8, 4) is 0 Å². The molecule has 9 nitrogen and oxygen atoms in total. The number of urea groups is 2. The van der Waals surface area contributed by atoms with E-state index in [1.54, 1.807) is 0 Å². The van der Waals surface area contributed by atoms with Crippen LogP contribution >= 0.6 is 0 Å². The number of nitrogens with one attached hydrogen (secondary N) is 4. The summed E-state index contributed by atoms with van der Waals surface area (Å²) in [6, 6.07) is 0.339. The average Bonchev–Trinajstić information content (AvgIpc) is 2.78. The Labute approximate surface area is 204 Å². The Kier molecular flexibility index (Phi) is 9.71. The van der Waals surface area contributed by atoms with E-state index in [1.165, 1.54) is 19.3 Å². The van der Waals surface area contributed by atoms with Gasteiger partial charge in [-0.2, -0.15) is 0 Å². The molecule has 34 heavy (non-hydrogen) atoms. The van der Waals surface area contributed by atoms with E-state index in [0.29, 0.717) is 25.7 Å². The fraction of sp³-hybridized carbons (Fsp3) is 0.880. The molecule has 0 aromatic carbocycles. The van der Waals surface area contributed by atoms with Gasteiger partial charge in [0.15, 0.2) is 0 Å². The van der Waals surface area contributed by atoms with Gasteiger partial charge in [-0.25, -0.2) is 14.4 Å². The van der Waals surface area contributed by atoms with Crippen molar-refractivity contribution in [1.82, 2.24) is 26.2 Å². The predicted octanol–water partition coefficient (Wildman–Crippen LogP) is 3.88. The third kappa shape index (κ3) is 8.87. The van der Waals surface area contributed by atoms with E-state index in [9.17, 15) is 14.4 Å².